The van der Waals surface area contributed by atoms with Crippen molar-refractivity contribution >= 4 is 35.1 Å². The number of anilines is 1. The van der Waals surface area contributed by atoms with Gasteiger partial charge in [0.1, 0.15) is 28.9 Å². The summed E-state index contributed by atoms with van der Waals surface area (Å²) in [5.74, 6) is -6.66. The Bertz CT molecular complexity index is 1280. The van der Waals surface area contributed by atoms with Crippen molar-refractivity contribution in [1.82, 2.24) is 0 Å². The number of aliphatic hydroxyl groups excluding tert-OH is 2. The lowest BCUT2D eigenvalue weighted by Crippen LogP contribution is -2.58. The lowest BCUT2D eigenvalue weighted by atomic mass is 9.59. The smallest absolute Gasteiger partial charge is 0.255 e. The maximum atomic E-state index is 13.6. The van der Waals surface area contributed by atoms with E-state index in [1.165, 1.54) is 6.21 Å². The number of ketones is 2. The Labute approximate surface area is 207 Å². The molecule has 6 N–H and O–H groups in total. The predicted molar refractivity (Wildman–Crippen MR) is 130 cm³/mol. The third-order valence-electron chi connectivity index (χ3n) is 7.01. The molecule has 0 spiro atoms. The zero-order valence-corrected chi connectivity index (χ0v) is 20.4. The molecule has 192 valence electrons. The molecule has 0 aromatic heterocycles. The molecule has 0 bridgehead atoms. The van der Waals surface area contributed by atoms with E-state index in [9.17, 15) is 34.8 Å². The highest BCUT2D eigenvalue weighted by atomic mass is 16.6. The zero-order chi connectivity index (χ0) is 26.7. The molecular formula is C25H29N3O8. The first kappa shape index (κ1) is 25.2. The lowest BCUT2D eigenvalue weighted by molar-refractivity contribution is -0.147. The fraction of sp³-hybridized carbons (Fsp3) is 0.440. The highest BCUT2D eigenvalue weighted by molar-refractivity contribution is 6.22. The fourth-order valence-electron chi connectivity index (χ4n) is 5.40. The number of fused-ring (bicyclic) bond motifs is 3. The monoisotopic (exact) mass is 499 g/mol. The van der Waals surface area contributed by atoms with Crippen LogP contribution in [0.3, 0.4) is 0 Å². The molecule has 3 atom stereocenters. The quantitative estimate of drug-likeness (QED) is 0.226. The first-order valence-electron chi connectivity index (χ1n) is 11.5. The molecule has 11 heteroatoms. The standard InChI is InChI=1S/C25H29N3O8/c1-10(2)36-27-9-12-7-15(28(3)4)14-6-11-5-13-8-16(29)19(24(26)34)23(33)25(13,35)22(32)17(11)21(31)18(14)20(12)30/h7,9-11,13,30-31,33,35H,5-6,8H2,1-4H3,(H2,26,34)/b27-9+. The van der Waals surface area contributed by atoms with E-state index < -0.39 is 52.0 Å². The van der Waals surface area contributed by atoms with Crippen LogP contribution >= 0.6 is 0 Å². The summed E-state index contributed by atoms with van der Waals surface area (Å²) in [6.07, 6.45) is 1.02. The molecule has 36 heavy (non-hydrogen) atoms. The molecule has 0 heterocycles. The maximum absolute atomic E-state index is 13.6. The van der Waals surface area contributed by atoms with Gasteiger partial charge < -0.3 is 35.9 Å². The average Bonchev–Trinajstić information content (AvgIpc) is 2.77. The minimum Gasteiger partial charge on any atom is -0.508 e. The fourth-order valence-corrected chi connectivity index (χ4v) is 5.40. The van der Waals surface area contributed by atoms with E-state index in [2.05, 4.69) is 5.16 Å². The van der Waals surface area contributed by atoms with Crippen LogP contribution in [0.5, 0.6) is 5.75 Å². The van der Waals surface area contributed by atoms with Crippen molar-refractivity contribution in [2.75, 3.05) is 19.0 Å². The summed E-state index contributed by atoms with van der Waals surface area (Å²) in [6, 6.07) is 1.68. The van der Waals surface area contributed by atoms with Gasteiger partial charge in [-0.2, -0.15) is 0 Å². The Morgan fingerprint density at radius 2 is 1.92 bits per heavy atom. The molecule has 3 unspecified atom stereocenters. The van der Waals surface area contributed by atoms with Crippen molar-refractivity contribution < 1.29 is 39.6 Å². The number of phenolic OH excluding ortho intramolecular Hbond substituents is 1. The molecule has 3 aliphatic carbocycles. The van der Waals surface area contributed by atoms with Gasteiger partial charge in [-0.1, -0.05) is 5.16 Å². The van der Waals surface area contributed by atoms with Crippen molar-refractivity contribution in [1.29, 1.82) is 0 Å². The Morgan fingerprint density at radius 3 is 2.50 bits per heavy atom. The van der Waals surface area contributed by atoms with E-state index in [0.29, 0.717) is 11.3 Å². The van der Waals surface area contributed by atoms with E-state index in [1.54, 1.807) is 38.9 Å². The Hall–Kier alpha value is -3.86. The van der Waals surface area contributed by atoms with Gasteiger partial charge in [0.05, 0.1) is 11.8 Å². The second-order valence-corrected chi connectivity index (χ2v) is 9.88. The summed E-state index contributed by atoms with van der Waals surface area (Å²) in [6.45, 7) is 3.56. The summed E-state index contributed by atoms with van der Waals surface area (Å²) >= 11 is 0. The third-order valence-corrected chi connectivity index (χ3v) is 7.01. The Morgan fingerprint density at radius 1 is 1.25 bits per heavy atom. The molecule has 4 rings (SSSR count). The summed E-state index contributed by atoms with van der Waals surface area (Å²) in [5, 5.41) is 48.2. The summed E-state index contributed by atoms with van der Waals surface area (Å²) in [5.41, 5.74) is 3.06. The minimum absolute atomic E-state index is 0.000623. The molecule has 11 nitrogen and oxygen atoms in total. The van der Waals surface area contributed by atoms with Crippen LogP contribution in [-0.2, 0) is 25.6 Å². The number of oxime groups is 1. The largest absolute Gasteiger partial charge is 0.508 e. The predicted octanol–water partition coefficient (Wildman–Crippen LogP) is 1.25. The van der Waals surface area contributed by atoms with Gasteiger partial charge in [-0.15, -0.1) is 0 Å². The van der Waals surface area contributed by atoms with Gasteiger partial charge in [-0.25, -0.2) is 0 Å². The number of benzene rings is 1. The van der Waals surface area contributed by atoms with Gasteiger partial charge >= 0.3 is 0 Å². The van der Waals surface area contributed by atoms with Gasteiger partial charge in [0.25, 0.3) is 5.91 Å². The normalized spacial score (nSPS) is 25.7. The van der Waals surface area contributed by atoms with Gasteiger partial charge in [0.2, 0.25) is 5.78 Å². The zero-order valence-electron chi connectivity index (χ0n) is 20.4. The molecule has 1 fully saturated rings. The number of primary amides is 1. The topological polar surface area (TPSA) is 183 Å². The van der Waals surface area contributed by atoms with Crippen LogP contribution in [-0.4, -0.2) is 69.9 Å². The van der Waals surface area contributed by atoms with E-state index in [-0.39, 0.29) is 47.8 Å². The van der Waals surface area contributed by atoms with Crippen molar-refractivity contribution in [2.24, 2.45) is 22.7 Å². The van der Waals surface area contributed by atoms with E-state index in [4.69, 9.17) is 10.6 Å². The Kier molecular flexibility index (Phi) is 6.07. The van der Waals surface area contributed by atoms with E-state index >= 15 is 0 Å². The minimum atomic E-state index is -2.60. The first-order chi connectivity index (χ1) is 16.8. The number of aromatic hydroxyl groups is 1. The molecule has 1 amide bonds. The van der Waals surface area contributed by atoms with E-state index in [0.717, 1.165) is 0 Å². The van der Waals surface area contributed by atoms with Gasteiger partial charge in [-0.3, -0.25) is 14.4 Å². The number of hydrogen-bond donors (Lipinski definition) is 5. The molecule has 0 radical (unpaired) electrons. The number of Topliss-reactive ketones (excluding diaryl/α,β-unsaturated/α-hetero) is 2. The first-order valence-corrected chi connectivity index (χ1v) is 11.5. The van der Waals surface area contributed by atoms with Crippen LogP contribution in [0.25, 0.3) is 5.76 Å². The summed E-state index contributed by atoms with van der Waals surface area (Å²) in [7, 11) is 3.57. The number of carbonyl (C=O) groups is 3. The highest BCUT2D eigenvalue weighted by Gasteiger charge is 2.60. The van der Waals surface area contributed by atoms with Crippen LogP contribution in [0, 0.1) is 11.8 Å². The second kappa shape index (κ2) is 8.66. The van der Waals surface area contributed by atoms with Crippen LogP contribution in [0.15, 0.2) is 28.1 Å². The number of rotatable bonds is 5. The molecule has 1 aromatic rings. The number of aliphatic hydroxyl groups is 3. The SMILES string of the molecule is CC(C)O/N=C/c1cc(N(C)C)c2c(c1O)C(O)=C1C(=O)C3(O)C(O)=C(C(N)=O)C(=O)CC3CC1C2. The second-order valence-electron chi connectivity index (χ2n) is 9.88. The van der Waals surface area contributed by atoms with Crippen LogP contribution in [0.4, 0.5) is 5.69 Å². The Balaban J connectivity index is 1.92. The molecule has 0 aliphatic heterocycles. The van der Waals surface area contributed by atoms with Crippen molar-refractivity contribution in [2.45, 2.75) is 44.8 Å². The van der Waals surface area contributed by atoms with Gasteiger partial charge in [0, 0.05) is 43.3 Å². The van der Waals surface area contributed by atoms with Crippen molar-refractivity contribution in [3.8, 4) is 5.75 Å². The van der Waals surface area contributed by atoms with Crippen molar-refractivity contribution in [3.05, 3.63) is 39.7 Å². The number of nitrogens with two attached hydrogens (primary N) is 1. The maximum Gasteiger partial charge on any atom is 0.255 e. The molecule has 3 aliphatic rings. The third kappa shape index (κ3) is 3.62. The molecule has 1 saturated carbocycles. The average molecular weight is 500 g/mol. The number of phenols is 1. The summed E-state index contributed by atoms with van der Waals surface area (Å²) < 4.78 is 0. The number of carbonyl (C=O) groups excluding carboxylic acids is 3. The molecule has 1 aromatic carbocycles. The summed E-state index contributed by atoms with van der Waals surface area (Å²) in [4.78, 5) is 44.8. The number of hydrogen-bond acceptors (Lipinski definition) is 10. The molecule has 0 saturated heterocycles. The van der Waals surface area contributed by atoms with Crippen LogP contribution in [0.2, 0.25) is 0 Å². The van der Waals surface area contributed by atoms with Crippen molar-refractivity contribution in [3.63, 3.8) is 0 Å². The van der Waals surface area contributed by atoms with Crippen LogP contribution in [0.1, 0.15) is 43.4 Å². The van der Waals surface area contributed by atoms with Gasteiger partial charge in [0.15, 0.2) is 11.4 Å². The number of amides is 1. The van der Waals surface area contributed by atoms with E-state index in [1.807, 2.05) is 0 Å². The lowest BCUT2D eigenvalue weighted by Gasteiger charge is -2.46. The highest BCUT2D eigenvalue weighted by Crippen LogP contribution is 2.53. The van der Waals surface area contributed by atoms with Crippen LogP contribution < -0.4 is 10.6 Å². The molecular weight excluding hydrogens is 470 g/mol. The number of nitrogens with zero attached hydrogens (tertiary/aromatic N) is 2. The van der Waals surface area contributed by atoms with Gasteiger partial charge in [-0.05, 0) is 44.2 Å².